The second kappa shape index (κ2) is 13.1. The molecule has 0 radical (unpaired) electrons. The van der Waals surface area contributed by atoms with Gasteiger partial charge < -0.3 is 4.74 Å². The molecule has 0 saturated carbocycles. The topological polar surface area (TPSA) is 43.4 Å². The fourth-order valence-corrected chi connectivity index (χ4v) is 2.16. The summed E-state index contributed by atoms with van der Waals surface area (Å²) in [5.41, 5.74) is 0. The number of ether oxygens (including phenoxy) is 1. The lowest BCUT2D eigenvalue weighted by atomic mass is 10.0. The summed E-state index contributed by atoms with van der Waals surface area (Å²) in [5, 5.41) is 0. The molecule has 0 atom stereocenters. The van der Waals surface area contributed by atoms with E-state index in [1.807, 2.05) is 0 Å². The molecule has 0 heterocycles. The normalized spacial score (nSPS) is 10.8. The molecule has 0 fully saturated rings. The maximum absolute atomic E-state index is 11.1. The van der Waals surface area contributed by atoms with Crippen molar-refractivity contribution in [2.75, 3.05) is 6.61 Å². The third-order valence-corrected chi connectivity index (χ3v) is 3.33. The van der Waals surface area contributed by atoms with E-state index >= 15 is 0 Å². The van der Waals surface area contributed by atoms with Crippen LogP contribution in [0.4, 0.5) is 0 Å². The lowest BCUT2D eigenvalue weighted by Crippen LogP contribution is -2.09. The lowest BCUT2D eigenvalue weighted by Gasteiger charge is -2.05. The zero-order chi connectivity index (χ0) is 15.2. The lowest BCUT2D eigenvalue weighted by molar-refractivity contribution is -0.145. The highest BCUT2D eigenvalue weighted by atomic mass is 16.5. The molecule has 3 heteroatoms. The van der Waals surface area contributed by atoms with Gasteiger partial charge in [0.25, 0.3) is 0 Å². The van der Waals surface area contributed by atoms with Crippen molar-refractivity contribution in [3.05, 3.63) is 0 Å². The van der Waals surface area contributed by atoms with E-state index in [0.717, 1.165) is 18.8 Å². The van der Waals surface area contributed by atoms with Crippen LogP contribution in [0.5, 0.6) is 0 Å². The quantitative estimate of drug-likeness (QED) is 0.280. The van der Waals surface area contributed by atoms with Crippen LogP contribution in [0.3, 0.4) is 0 Å². The minimum absolute atomic E-state index is 0.0869. The maximum atomic E-state index is 11.1. The first-order valence-electron chi connectivity index (χ1n) is 8.17. The molecule has 20 heavy (non-hydrogen) atoms. The Morgan fingerprint density at radius 3 is 1.85 bits per heavy atom. The van der Waals surface area contributed by atoms with E-state index in [4.69, 9.17) is 4.74 Å². The van der Waals surface area contributed by atoms with E-state index in [-0.39, 0.29) is 18.2 Å². The van der Waals surface area contributed by atoms with Gasteiger partial charge in [0, 0.05) is 0 Å². The first kappa shape index (κ1) is 19.1. The van der Waals surface area contributed by atoms with Gasteiger partial charge in [-0.3, -0.25) is 9.59 Å². The van der Waals surface area contributed by atoms with Crippen LogP contribution in [0.15, 0.2) is 0 Å². The monoisotopic (exact) mass is 284 g/mol. The first-order valence-corrected chi connectivity index (χ1v) is 8.17. The standard InChI is InChI=1S/C17H32O3/c1-15(2)12-10-8-6-4-5-7-9-11-13-20-17(19)14-16(3)18/h15H,4-14H2,1-3H3. The number of carbonyl (C=O) groups excluding carboxylic acids is 2. The summed E-state index contributed by atoms with van der Waals surface area (Å²) in [6, 6.07) is 0. The summed E-state index contributed by atoms with van der Waals surface area (Å²) in [5.74, 6) is 0.316. The van der Waals surface area contributed by atoms with Gasteiger partial charge in [-0.15, -0.1) is 0 Å². The van der Waals surface area contributed by atoms with Gasteiger partial charge in [0.2, 0.25) is 0 Å². The zero-order valence-corrected chi connectivity index (χ0v) is 13.6. The molecule has 0 bridgehead atoms. The van der Waals surface area contributed by atoms with Crippen molar-refractivity contribution in [1.82, 2.24) is 0 Å². The zero-order valence-electron chi connectivity index (χ0n) is 13.6. The van der Waals surface area contributed by atoms with Crippen molar-refractivity contribution in [3.63, 3.8) is 0 Å². The molecule has 0 aromatic carbocycles. The van der Waals surface area contributed by atoms with E-state index in [1.54, 1.807) is 0 Å². The smallest absolute Gasteiger partial charge is 0.313 e. The summed E-state index contributed by atoms with van der Waals surface area (Å²) in [6.07, 6.45) is 11.2. The van der Waals surface area contributed by atoms with Gasteiger partial charge >= 0.3 is 5.97 Å². The van der Waals surface area contributed by atoms with Crippen molar-refractivity contribution < 1.29 is 14.3 Å². The van der Waals surface area contributed by atoms with Gasteiger partial charge in [-0.2, -0.15) is 0 Å². The molecule has 0 N–H and O–H groups in total. The van der Waals surface area contributed by atoms with Gasteiger partial charge in [0.15, 0.2) is 0 Å². The second-order valence-corrected chi connectivity index (χ2v) is 6.11. The highest BCUT2D eigenvalue weighted by molar-refractivity contribution is 5.94. The highest BCUT2D eigenvalue weighted by Gasteiger charge is 2.05. The summed E-state index contributed by atoms with van der Waals surface area (Å²) < 4.78 is 4.98. The summed E-state index contributed by atoms with van der Waals surface area (Å²) in [6.45, 7) is 6.43. The van der Waals surface area contributed by atoms with E-state index in [1.165, 1.54) is 51.9 Å². The number of ketones is 1. The maximum Gasteiger partial charge on any atom is 0.313 e. The highest BCUT2D eigenvalue weighted by Crippen LogP contribution is 2.12. The fourth-order valence-electron chi connectivity index (χ4n) is 2.16. The Labute approximate surface area is 124 Å². The largest absolute Gasteiger partial charge is 0.465 e. The molecule has 0 aliphatic heterocycles. The van der Waals surface area contributed by atoms with Crippen molar-refractivity contribution in [3.8, 4) is 0 Å². The molecule has 0 aliphatic rings. The Morgan fingerprint density at radius 2 is 1.35 bits per heavy atom. The number of esters is 1. The van der Waals surface area contributed by atoms with Crippen molar-refractivity contribution >= 4 is 11.8 Å². The van der Waals surface area contributed by atoms with Crippen molar-refractivity contribution in [1.29, 1.82) is 0 Å². The predicted octanol–water partition coefficient (Wildman–Crippen LogP) is 4.68. The molecule has 3 nitrogen and oxygen atoms in total. The van der Waals surface area contributed by atoms with Crippen LogP contribution in [0.2, 0.25) is 0 Å². The van der Waals surface area contributed by atoms with Crippen LogP contribution in [0.25, 0.3) is 0 Å². The molecular weight excluding hydrogens is 252 g/mol. The Balaban J connectivity index is 3.13. The molecular formula is C17H32O3. The van der Waals surface area contributed by atoms with Crippen LogP contribution in [0.1, 0.15) is 85.0 Å². The molecule has 118 valence electrons. The summed E-state index contributed by atoms with van der Waals surface area (Å²) in [7, 11) is 0. The van der Waals surface area contributed by atoms with Gasteiger partial charge in [-0.25, -0.2) is 0 Å². The third kappa shape index (κ3) is 15.2. The van der Waals surface area contributed by atoms with E-state index in [0.29, 0.717) is 6.61 Å². The Bertz CT molecular complexity index is 259. The number of hydrogen-bond acceptors (Lipinski definition) is 3. The number of carbonyl (C=O) groups is 2. The molecule has 0 aromatic rings. The minimum Gasteiger partial charge on any atom is -0.465 e. The Morgan fingerprint density at radius 1 is 0.850 bits per heavy atom. The molecule has 0 saturated heterocycles. The van der Waals surface area contributed by atoms with Crippen LogP contribution in [0, 0.1) is 5.92 Å². The number of rotatable bonds is 13. The van der Waals surface area contributed by atoms with E-state index in [9.17, 15) is 9.59 Å². The van der Waals surface area contributed by atoms with E-state index < -0.39 is 0 Å². The van der Waals surface area contributed by atoms with Crippen molar-refractivity contribution in [2.45, 2.75) is 85.0 Å². The Kier molecular flexibility index (Phi) is 12.6. The van der Waals surface area contributed by atoms with Crippen LogP contribution >= 0.6 is 0 Å². The van der Waals surface area contributed by atoms with Crippen molar-refractivity contribution in [2.24, 2.45) is 5.92 Å². The average Bonchev–Trinajstić information content (AvgIpc) is 2.34. The SMILES string of the molecule is CC(=O)CC(=O)OCCCCCCCCCCC(C)C. The first-order chi connectivity index (χ1) is 9.52. The fraction of sp³-hybridized carbons (Fsp3) is 0.882. The molecule has 0 spiro atoms. The molecule has 0 aliphatic carbocycles. The van der Waals surface area contributed by atoms with Crippen LogP contribution < -0.4 is 0 Å². The summed E-state index contributed by atoms with van der Waals surface area (Å²) >= 11 is 0. The van der Waals surface area contributed by atoms with Gasteiger partial charge in [0.05, 0.1) is 6.61 Å². The molecule has 0 rings (SSSR count). The van der Waals surface area contributed by atoms with Crippen LogP contribution in [-0.2, 0) is 14.3 Å². The number of hydrogen-bond donors (Lipinski definition) is 0. The predicted molar refractivity (Wildman–Crippen MR) is 82.6 cm³/mol. The summed E-state index contributed by atoms with van der Waals surface area (Å²) in [4.78, 5) is 21.8. The van der Waals surface area contributed by atoms with Gasteiger partial charge in [-0.05, 0) is 19.3 Å². The number of Topliss-reactive ketones (excluding diaryl/α,β-unsaturated/α-hetero) is 1. The van der Waals surface area contributed by atoms with Gasteiger partial charge in [0.1, 0.15) is 12.2 Å². The third-order valence-electron chi connectivity index (χ3n) is 3.33. The van der Waals surface area contributed by atoms with Gasteiger partial charge in [-0.1, -0.05) is 65.2 Å². The second-order valence-electron chi connectivity index (χ2n) is 6.11. The molecule has 0 aromatic heterocycles. The molecule has 0 amide bonds. The van der Waals surface area contributed by atoms with E-state index in [2.05, 4.69) is 13.8 Å². The van der Waals surface area contributed by atoms with Crippen LogP contribution in [-0.4, -0.2) is 18.4 Å². The molecule has 0 unspecified atom stereocenters. The number of unbranched alkanes of at least 4 members (excludes halogenated alkanes) is 7. The Hall–Kier alpha value is -0.860. The average molecular weight is 284 g/mol. The minimum atomic E-state index is -0.386.